The van der Waals surface area contributed by atoms with Gasteiger partial charge >= 0.3 is 0 Å². The number of hydrogen-bond acceptors (Lipinski definition) is 1. The second-order valence-electron chi connectivity index (χ2n) is 4.21. The Labute approximate surface area is 112 Å². The average Bonchev–Trinajstić information content (AvgIpc) is 2.75. The second-order valence-corrected chi connectivity index (χ2v) is 5.07. The number of halogens is 2. The molecule has 3 aromatic rings. The first kappa shape index (κ1) is 11.4. The lowest BCUT2D eigenvalue weighted by atomic mass is 10.1. The van der Waals surface area contributed by atoms with E-state index in [9.17, 15) is 4.39 Å². The molecule has 0 amide bonds. The number of hydrogen-bond donors (Lipinski definition) is 1. The number of aromatic nitrogens is 2. The molecule has 0 saturated heterocycles. The minimum Gasteiger partial charge on any atom is -0.338 e. The summed E-state index contributed by atoms with van der Waals surface area (Å²) in [5.74, 6) is 0.496. The van der Waals surface area contributed by atoms with Gasteiger partial charge in [0, 0.05) is 10.0 Å². The fourth-order valence-electron chi connectivity index (χ4n) is 1.91. The van der Waals surface area contributed by atoms with Gasteiger partial charge in [0.15, 0.2) is 0 Å². The Kier molecular flexibility index (Phi) is 2.67. The van der Waals surface area contributed by atoms with Crippen LogP contribution in [0.25, 0.3) is 22.4 Å². The topological polar surface area (TPSA) is 28.7 Å². The van der Waals surface area contributed by atoms with E-state index in [1.807, 2.05) is 25.1 Å². The number of H-pyrrole nitrogens is 1. The molecule has 0 unspecified atom stereocenters. The number of nitrogens with zero attached hydrogens (tertiary/aromatic N) is 1. The maximum Gasteiger partial charge on any atom is 0.138 e. The molecule has 0 spiro atoms. The van der Waals surface area contributed by atoms with Gasteiger partial charge in [-0.05, 0) is 42.8 Å². The van der Waals surface area contributed by atoms with Crippen molar-refractivity contribution in [2.24, 2.45) is 0 Å². The van der Waals surface area contributed by atoms with Gasteiger partial charge < -0.3 is 4.98 Å². The van der Waals surface area contributed by atoms with Crippen LogP contribution in [0.5, 0.6) is 0 Å². The van der Waals surface area contributed by atoms with Crippen LogP contribution in [0.3, 0.4) is 0 Å². The summed E-state index contributed by atoms with van der Waals surface area (Å²) in [6.07, 6.45) is 0. The van der Waals surface area contributed by atoms with Gasteiger partial charge in [-0.1, -0.05) is 22.0 Å². The molecule has 1 heterocycles. The Morgan fingerprint density at radius 3 is 2.78 bits per heavy atom. The van der Waals surface area contributed by atoms with Crippen molar-refractivity contribution >= 4 is 27.0 Å². The highest BCUT2D eigenvalue weighted by Gasteiger charge is 2.07. The quantitative estimate of drug-likeness (QED) is 0.707. The van der Waals surface area contributed by atoms with Gasteiger partial charge in [-0.2, -0.15) is 0 Å². The average molecular weight is 305 g/mol. The molecule has 1 N–H and O–H groups in total. The summed E-state index contributed by atoms with van der Waals surface area (Å²) in [4.78, 5) is 7.59. The third-order valence-electron chi connectivity index (χ3n) is 2.88. The second kappa shape index (κ2) is 4.21. The van der Waals surface area contributed by atoms with E-state index in [1.165, 1.54) is 12.1 Å². The van der Waals surface area contributed by atoms with Crippen molar-refractivity contribution in [2.75, 3.05) is 0 Å². The highest BCUT2D eigenvalue weighted by Crippen LogP contribution is 2.25. The van der Waals surface area contributed by atoms with Gasteiger partial charge in [-0.25, -0.2) is 9.37 Å². The van der Waals surface area contributed by atoms with Crippen molar-refractivity contribution < 1.29 is 4.39 Å². The van der Waals surface area contributed by atoms with E-state index in [0.717, 1.165) is 26.9 Å². The minimum absolute atomic E-state index is 0.260. The maximum absolute atomic E-state index is 13.1. The van der Waals surface area contributed by atoms with Crippen molar-refractivity contribution in [1.82, 2.24) is 9.97 Å². The van der Waals surface area contributed by atoms with Crippen molar-refractivity contribution in [2.45, 2.75) is 6.92 Å². The first-order chi connectivity index (χ1) is 8.63. The maximum atomic E-state index is 13.1. The van der Waals surface area contributed by atoms with Crippen molar-refractivity contribution in [3.8, 4) is 11.4 Å². The van der Waals surface area contributed by atoms with Crippen LogP contribution in [0.4, 0.5) is 4.39 Å². The zero-order chi connectivity index (χ0) is 12.7. The van der Waals surface area contributed by atoms with Gasteiger partial charge in [0.25, 0.3) is 0 Å². The number of aromatic amines is 1. The van der Waals surface area contributed by atoms with Gasteiger partial charge in [-0.3, -0.25) is 0 Å². The summed E-state index contributed by atoms with van der Waals surface area (Å²) in [7, 11) is 0. The molecule has 4 heteroatoms. The van der Waals surface area contributed by atoms with Crippen LogP contribution in [-0.4, -0.2) is 9.97 Å². The lowest BCUT2D eigenvalue weighted by Crippen LogP contribution is -1.82. The van der Waals surface area contributed by atoms with Crippen LogP contribution < -0.4 is 0 Å². The highest BCUT2D eigenvalue weighted by atomic mass is 79.9. The highest BCUT2D eigenvalue weighted by molar-refractivity contribution is 9.10. The fourth-order valence-corrected chi connectivity index (χ4v) is 2.16. The van der Waals surface area contributed by atoms with Crippen LogP contribution >= 0.6 is 15.9 Å². The summed E-state index contributed by atoms with van der Waals surface area (Å²) < 4.78 is 14.2. The Morgan fingerprint density at radius 2 is 2.00 bits per heavy atom. The summed E-state index contributed by atoms with van der Waals surface area (Å²) >= 11 is 3.47. The lowest BCUT2D eigenvalue weighted by Gasteiger charge is -2.00. The summed E-state index contributed by atoms with van der Waals surface area (Å²) in [6.45, 7) is 2.02. The van der Waals surface area contributed by atoms with Gasteiger partial charge in [0.05, 0.1) is 11.0 Å². The molecule has 0 atom stereocenters. The predicted molar refractivity (Wildman–Crippen MR) is 73.9 cm³/mol. The molecule has 18 heavy (non-hydrogen) atoms. The van der Waals surface area contributed by atoms with Gasteiger partial charge in [-0.15, -0.1) is 0 Å². The predicted octanol–water partition coefficient (Wildman–Crippen LogP) is 4.44. The number of rotatable bonds is 1. The van der Waals surface area contributed by atoms with E-state index >= 15 is 0 Å². The largest absolute Gasteiger partial charge is 0.338 e. The van der Waals surface area contributed by atoms with E-state index in [-0.39, 0.29) is 5.82 Å². The Bertz CT molecular complexity index is 734. The van der Waals surface area contributed by atoms with Gasteiger partial charge in [0.2, 0.25) is 0 Å². The third-order valence-corrected chi connectivity index (χ3v) is 3.77. The van der Waals surface area contributed by atoms with Crippen molar-refractivity contribution in [3.05, 3.63) is 52.3 Å². The first-order valence-corrected chi connectivity index (χ1v) is 6.34. The van der Waals surface area contributed by atoms with Crippen LogP contribution in [0.1, 0.15) is 5.56 Å². The third kappa shape index (κ3) is 1.93. The molecule has 3 rings (SSSR count). The summed E-state index contributed by atoms with van der Waals surface area (Å²) in [5.41, 5.74) is 3.61. The summed E-state index contributed by atoms with van der Waals surface area (Å²) in [5, 5.41) is 0. The van der Waals surface area contributed by atoms with Crippen molar-refractivity contribution in [3.63, 3.8) is 0 Å². The lowest BCUT2D eigenvalue weighted by molar-refractivity contribution is 0.629. The number of nitrogens with one attached hydrogen (secondary N) is 1. The molecule has 2 aromatic carbocycles. The number of fused-ring (bicyclic) bond motifs is 1. The van der Waals surface area contributed by atoms with Gasteiger partial charge in [0.1, 0.15) is 11.6 Å². The van der Waals surface area contributed by atoms with Crippen LogP contribution in [0, 0.1) is 12.7 Å². The molecule has 0 fully saturated rings. The summed E-state index contributed by atoms with van der Waals surface area (Å²) in [6, 6.07) is 10.6. The fraction of sp³-hybridized carbons (Fsp3) is 0.0714. The van der Waals surface area contributed by atoms with E-state index < -0.39 is 0 Å². The number of benzene rings is 2. The smallest absolute Gasteiger partial charge is 0.138 e. The Morgan fingerprint density at radius 1 is 1.17 bits per heavy atom. The van der Waals surface area contributed by atoms with Crippen LogP contribution in [-0.2, 0) is 0 Å². The molecular weight excluding hydrogens is 295 g/mol. The first-order valence-electron chi connectivity index (χ1n) is 5.55. The number of aryl methyl sites for hydroxylation is 1. The molecule has 0 radical (unpaired) electrons. The van der Waals surface area contributed by atoms with Crippen LogP contribution in [0.15, 0.2) is 40.9 Å². The minimum atomic E-state index is -0.260. The van der Waals surface area contributed by atoms with Crippen LogP contribution in [0.2, 0.25) is 0 Å². The molecule has 0 bridgehead atoms. The Balaban J connectivity index is 2.16. The molecule has 90 valence electrons. The molecule has 2 nitrogen and oxygen atoms in total. The molecule has 1 aromatic heterocycles. The normalized spacial score (nSPS) is 11.1. The number of imidazole rings is 1. The Hall–Kier alpha value is -1.68. The zero-order valence-electron chi connectivity index (χ0n) is 9.67. The zero-order valence-corrected chi connectivity index (χ0v) is 11.3. The SMILES string of the molecule is Cc1cc(-c2nc3ccc(F)cc3[nH]2)ccc1Br. The van der Waals surface area contributed by atoms with E-state index in [1.54, 1.807) is 6.07 Å². The molecule has 0 aliphatic heterocycles. The van der Waals surface area contributed by atoms with E-state index in [0.29, 0.717) is 5.52 Å². The van der Waals surface area contributed by atoms with E-state index in [4.69, 9.17) is 0 Å². The van der Waals surface area contributed by atoms with Crippen molar-refractivity contribution in [1.29, 1.82) is 0 Å². The molecule has 0 saturated carbocycles. The molecule has 0 aliphatic carbocycles. The monoisotopic (exact) mass is 304 g/mol. The molecular formula is C14H10BrFN2. The standard InChI is InChI=1S/C14H10BrFN2/c1-8-6-9(2-4-11(8)15)14-17-12-5-3-10(16)7-13(12)18-14/h2-7H,1H3,(H,17,18). The van der Waals surface area contributed by atoms with E-state index in [2.05, 4.69) is 25.9 Å². The molecule has 0 aliphatic rings.